The summed E-state index contributed by atoms with van der Waals surface area (Å²) in [6.45, 7) is 8.34. The molecule has 0 saturated heterocycles. The van der Waals surface area contributed by atoms with Gasteiger partial charge in [0.2, 0.25) is 15.9 Å². The number of halogens is 1. The molecule has 3 rings (SSSR count). The van der Waals surface area contributed by atoms with Gasteiger partial charge >= 0.3 is 0 Å². The topological polar surface area (TPSA) is 75.7 Å². The highest BCUT2D eigenvalue weighted by atomic mass is 35.5. The highest BCUT2D eigenvalue weighted by molar-refractivity contribution is 7.89. The van der Waals surface area contributed by atoms with E-state index in [0.29, 0.717) is 30.2 Å². The van der Waals surface area contributed by atoms with Crippen LogP contribution in [-0.2, 0) is 21.2 Å². The maximum atomic E-state index is 12.9. The molecule has 0 fully saturated rings. The van der Waals surface area contributed by atoms with Gasteiger partial charge in [0.05, 0.1) is 10.8 Å². The number of nitrogens with zero attached hydrogens (tertiary/aromatic N) is 1. The van der Waals surface area contributed by atoms with Gasteiger partial charge in [0.25, 0.3) is 0 Å². The SMILES string of the molecule is CCN(CC)S(=O)(=O)c1cc(C)c(C)c(NC(=O)C2COc3ccc(Cl)cc3C2)c1. The minimum Gasteiger partial charge on any atom is -0.492 e. The summed E-state index contributed by atoms with van der Waals surface area (Å²) in [6, 6.07) is 8.57. The second-order valence-corrected chi connectivity index (χ2v) is 9.83. The van der Waals surface area contributed by atoms with E-state index in [-0.39, 0.29) is 17.4 Å². The van der Waals surface area contributed by atoms with Crippen LogP contribution in [0.3, 0.4) is 0 Å². The zero-order valence-electron chi connectivity index (χ0n) is 17.7. The Bertz CT molecular complexity index is 1070. The van der Waals surface area contributed by atoms with E-state index in [1.54, 1.807) is 38.1 Å². The number of hydrogen-bond acceptors (Lipinski definition) is 4. The number of rotatable bonds is 6. The maximum absolute atomic E-state index is 12.9. The molecule has 0 aliphatic carbocycles. The lowest BCUT2D eigenvalue weighted by Crippen LogP contribution is -2.33. The van der Waals surface area contributed by atoms with E-state index in [1.165, 1.54) is 4.31 Å². The quantitative estimate of drug-likeness (QED) is 0.716. The first-order valence-electron chi connectivity index (χ1n) is 10.0. The predicted molar refractivity (Wildman–Crippen MR) is 119 cm³/mol. The van der Waals surface area contributed by atoms with E-state index < -0.39 is 15.9 Å². The van der Waals surface area contributed by atoms with Crippen LogP contribution in [0.15, 0.2) is 35.2 Å². The Morgan fingerprint density at radius 3 is 2.57 bits per heavy atom. The minimum atomic E-state index is -3.63. The molecule has 162 valence electrons. The molecule has 0 aromatic heterocycles. The molecule has 8 heteroatoms. The molecule has 6 nitrogen and oxygen atoms in total. The zero-order chi connectivity index (χ0) is 22.1. The second kappa shape index (κ2) is 8.96. The molecular weight excluding hydrogens is 424 g/mol. The summed E-state index contributed by atoms with van der Waals surface area (Å²) in [4.78, 5) is 13.1. The van der Waals surface area contributed by atoms with Crippen LogP contribution in [0.1, 0.15) is 30.5 Å². The molecule has 2 aromatic rings. The maximum Gasteiger partial charge on any atom is 0.243 e. The van der Waals surface area contributed by atoms with Gasteiger partial charge in [-0.2, -0.15) is 4.31 Å². The van der Waals surface area contributed by atoms with Crippen LogP contribution >= 0.6 is 11.6 Å². The van der Waals surface area contributed by atoms with Crippen molar-refractivity contribution in [3.05, 3.63) is 52.0 Å². The van der Waals surface area contributed by atoms with E-state index in [4.69, 9.17) is 16.3 Å². The van der Waals surface area contributed by atoms with Crippen molar-refractivity contribution < 1.29 is 17.9 Å². The Labute approximate surface area is 183 Å². The van der Waals surface area contributed by atoms with Crippen LogP contribution < -0.4 is 10.1 Å². The largest absolute Gasteiger partial charge is 0.492 e. The van der Waals surface area contributed by atoms with Crippen molar-refractivity contribution in [2.24, 2.45) is 5.92 Å². The summed E-state index contributed by atoms with van der Waals surface area (Å²) in [6.07, 6.45) is 0.511. The summed E-state index contributed by atoms with van der Waals surface area (Å²) in [5.74, 6) is 0.141. The van der Waals surface area contributed by atoms with Gasteiger partial charge in [0.1, 0.15) is 12.4 Å². The van der Waals surface area contributed by atoms with Gasteiger partial charge in [-0.15, -0.1) is 0 Å². The molecule has 0 spiro atoms. The van der Waals surface area contributed by atoms with Crippen molar-refractivity contribution in [3.63, 3.8) is 0 Å². The van der Waals surface area contributed by atoms with Crippen LogP contribution in [0, 0.1) is 19.8 Å². The molecule has 1 atom stereocenters. The van der Waals surface area contributed by atoms with Crippen molar-refractivity contribution in [3.8, 4) is 5.75 Å². The smallest absolute Gasteiger partial charge is 0.243 e. The summed E-state index contributed by atoms with van der Waals surface area (Å²) >= 11 is 6.06. The van der Waals surface area contributed by atoms with Crippen LogP contribution in [0.5, 0.6) is 5.75 Å². The normalized spacial score (nSPS) is 16.1. The van der Waals surface area contributed by atoms with Gasteiger partial charge in [0, 0.05) is 23.8 Å². The van der Waals surface area contributed by atoms with Gasteiger partial charge in [0.15, 0.2) is 0 Å². The number of ether oxygens (including phenoxy) is 1. The number of hydrogen-bond donors (Lipinski definition) is 1. The van der Waals surface area contributed by atoms with Crippen molar-refractivity contribution >= 4 is 33.2 Å². The van der Waals surface area contributed by atoms with Crippen LogP contribution in [0.2, 0.25) is 5.02 Å². The lowest BCUT2D eigenvalue weighted by Gasteiger charge is -2.25. The van der Waals surface area contributed by atoms with Crippen molar-refractivity contribution in [2.75, 3.05) is 25.0 Å². The summed E-state index contributed by atoms with van der Waals surface area (Å²) in [5.41, 5.74) is 3.03. The highest BCUT2D eigenvalue weighted by Crippen LogP contribution is 2.31. The van der Waals surface area contributed by atoms with Crippen molar-refractivity contribution in [2.45, 2.75) is 39.0 Å². The first-order valence-corrected chi connectivity index (χ1v) is 11.8. The van der Waals surface area contributed by atoms with Gasteiger partial charge in [-0.3, -0.25) is 4.79 Å². The van der Waals surface area contributed by atoms with E-state index in [1.807, 2.05) is 19.9 Å². The molecule has 1 unspecified atom stereocenters. The summed E-state index contributed by atoms with van der Waals surface area (Å²) < 4.78 is 33.0. The van der Waals surface area contributed by atoms with Crippen molar-refractivity contribution in [1.82, 2.24) is 4.31 Å². The fourth-order valence-corrected chi connectivity index (χ4v) is 5.35. The molecular formula is C22H27ClN2O4S. The number of benzene rings is 2. The molecule has 1 N–H and O–H groups in total. The fourth-order valence-electron chi connectivity index (χ4n) is 3.58. The molecule has 30 heavy (non-hydrogen) atoms. The van der Waals surface area contributed by atoms with E-state index in [0.717, 1.165) is 22.4 Å². The first-order chi connectivity index (χ1) is 14.2. The number of fused-ring (bicyclic) bond motifs is 1. The summed E-state index contributed by atoms with van der Waals surface area (Å²) in [5, 5.41) is 3.52. The molecule has 1 aliphatic heterocycles. The molecule has 0 saturated carbocycles. The molecule has 0 bridgehead atoms. The van der Waals surface area contributed by atoms with E-state index >= 15 is 0 Å². The van der Waals surface area contributed by atoms with Gasteiger partial charge in [-0.05, 0) is 67.3 Å². The number of anilines is 1. The number of nitrogens with one attached hydrogen (secondary N) is 1. The molecule has 2 aromatic carbocycles. The monoisotopic (exact) mass is 450 g/mol. The van der Waals surface area contributed by atoms with Crippen molar-refractivity contribution in [1.29, 1.82) is 0 Å². The third-order valence-electron chi connectivity index (χ3n) is 5.54. The molecule has 1 heterocycles. The lowest BCUT2D eigenvalue weighted by atomic mass is 9.95. The zero-order valence-corrected chi connectivity index (χ0v) is 19.2. The number of carbonyl (C=O) groups is 1. The number of sulfonamides is 1. The third kappa shape index (κ3) is 4.48. The first kappa shape index (κ1) is 22.6. The Morgan fingerprint density at radius 1 is 1.20 bits per heavy atom. The number of carbonyl (C=O) groups excluding carboxylic acids is 1. The Balaban J connectivity index is 1.86. The second-order valence-electron chi connectivity index (χ2n) is 7.46. The number of amides is 1. The standard InChI is InChI=1S/C22H27ClN2O4S/c1-5-25(6-2)30(27,28)19-9-14(3)15(4)20(12-19)24-22(26)17-10-16-11-18(23)7-8-21(16)29-13-17/h7-9,11-12,17H,5-6,10,13H2,1-4H3,(H,24,26). The average Bonchev–Trinajstić information content (AvgIpc) is 2.71. The lowest BCUT2D eigenvalue weighted by molar-refractivity contribution is -0.121. The van der Waals surface area contributed by atoms with Gasteiger partial charge in [-0.25, -0.2) is 8.42 Å². The van der Waals surface area contributed by atoms with Gasteiger partial charge < -0.3 is 10.1 Å². The highest BCUT2D eigenvalue weighted by Gasteiger charge is 2.28. The molecule has 1 amide bonds. The minimum absolute atomic E-state index is 0.182. The Morgan fingerprint density at radius 2 is 1.90 bits per heavy atom. The third-order valence-corrected chi connectivity index (χ3v) is 7.80. The fraction of sp³-hybridized carbons (Fsp3) is 0.409. The van der Waals surface area contributed by atoms with Crippen LogP contribution in [-0.4, -0.2) is 38.3 Å². The molecule has 0 radical (unpaired) electrons. The Kier molecular flexibility index (Phi) is 6.75. The van der Waals surface area contributed by atoms with E-state index in [2.05, 4.69) is 5.32 Å². The number of aryl methyl sites for hydroxylation is 1. The van der Waals surface area contributed by atoms with E-state index in [9.17, 15) is 13.2 Å². The summed E-state index contributed by atoms with van der Waals surface area (Å²) in [7, 11) is -3.63. The average molecular weight is 451 g/mol. The molecule has 1 aliphatic rings. The van der Waals surface area contributed by atoms with Gasteiger partial charge in [-0.1, -0.05) is 25.4 Å². The Hall–Kier alpha value is -2.09. The van der Waals surface area contributed by atoms with Crippen LogP contribution in [0.4, 0.5) is 5.69 Å². The van der Waals surface area contributed by atoms with Crippen LogP contribution in [0.25, 0.3) is 0 Å². The predicted octanol–water partition coefficient (Wildman–Crippen LogP) is 4.18.